The summed E-state index contributed by atoms with van der Waals surface area (Å²) in [5.41, 5.74) is 7.76. The predicted molar refractivity (Wildman–Crippen MR) is 143 cm³/mol. The lowest BCUT2D eigenvalue weighted by molar-refractivity contribution is -0.200. The van der Waals surface area contributed by atoms with E-state index in [-0.39, 0.29) is 0 Å². The highest BCUT2D eigenvalue weighted by atomic mass is 19.4. The van der Waals surface area contributed by atoms with Crippen LogP contribution in [0.15, 0.2) is 97.1 Å². The monoisotopic (exact) mass is 501 g/mol. The molecule has 2 nitrogen and oxygen atoms in total. The first kappa shape index (κ1) is 25.1. The molecule has 1 aliphatic rings. The number of rotatable bonds is 6. The number of hydrogen-bond acceptors (Lipinski definition) is 2. The number of nitrogens with zero attached hydrogens (tertiary/aromatic N) is 1. The molecule has 0 saturated heterocycles. The average molecular weight is 502 g/mol. The Morgan fingerprint density at radius 3 is 2.16 bits per heavy atom. The Balaban J connectivity index is 1.66. The minimum absolute atomic E-state index is 0.338. The lowest BCUT2D eigenvalue weighted by Crippen LogP contribution is -2.44. The number of β-amino-alcohol motifs (C(OH)–C–C–N with tert-alkyl or cyclic N) is 1. The van der Waals surface area contributed by atoms with Crippen LogP contribution in [-0.4, -0.2) is 30.5 Å². The molecule has 0 radical (unpaired) electrons. The van der Waals surface area contributed by atoms with E-state index < -0.39 is 24.2 Å². The summed E-state index contributed by atoms with van der Waals surface area (Å²) in [7, 11) is 0. The smallest absolute Gasteiger partial charge is 0.382 e. The van der Waals surface area contributed by atoms with Gasteiger partial charge in [-0.25, -0.2) is 0 Å². The van der Waals surface area contributed by atoms with Crippen molar-refractivity contribution in [3.63, 3.8) is 0 Å². The molecule has 4 aromatic carbocycles. The van der Waals surface area contributed by atoms with Crippen molar-refractivity contribution in [3.8, 4) is 11.1 Å². The Kier molecular flexibility index (Phi) is 6.59. The molecule has 0 amide bonds. The van der Waals surface area contributed by atoms with E-state index in [0.717, 1.165) is 44.6 Å². The molecule has 0 bridgehead atoms. The second-order valence-corrected chi connectivity index (χ2v) is 10.2. The van der Waals surface area contributed by atoms with Crippen LogP contribution >= 0.6 is 0 Å². The van der Waals surface area contributed by atoms with Crippen LogP contribution < -0.4 is 4.90 Å². The van der Waals surface area contributed by atoms with Gasteiger partial charge in [-0.1, -0.05) is 102 Å². The first-order chi connectivity index (χ1) is 17.7. The van der Waals surface area contributed by atoms with Gasteiger partial charge in [-0.15, -0.1) is 0 Å². The summed E-state index contributed by atoms with van der Waals surface area (Å²) in [4.78, 5) is 1.70. The van der Waals surface area contributed by atoms with Gasteiger partial charge in [0.15, 0.2) is 6.10 Å². The SMILES string of the molecule is Cc1cccc(CC2(c3cccc(-c4cccc(C)c4)c3)CN(C[C@@H](O)C(F)(F)F)c3ccccc32)c1. The van der Waals surface area contributed by atoms with Gasteiger partial charge in [0.25, 0.3) is 0 Å². The highest BCUT2D eigenvalue weighted by molar-refractivity contribution is 5.70. The minimum Gasteiger partial charge on any atom is -0.382 e. The second kappa shape index (κ2) is 9.71. The Morgan fingerprint density at radius 1 is 0.811 bits per heavy atom. The van der Waals surface area contributed by atoms with Crippen molar-refractivity contribution in [1.29, 1.82) is 0 Å². The summed E-state index contributed by atoms with van der Waals surface area (Å²) < 4.78 is 40.1. The van der Waals surface area contributed by atoms with Gasteiger partial charge in [0.05, 0.1) is 6.54 Å². The molecule has 5 heteroatoms. The molecule has 37 heavy (non-hydrogen) atoms. The van der Waals surface area contributed by atoms with Crippen LogP contribution in [0, 0.1) is 13.8 Å². The first-order valence-electron chi connectivity index (χ1n) is 12.5. The fraction of sp³-hybridized carbons (Fsp3) is 0.250. The Morgan fingerprint density at radius 2 is 1.46 bits per heavy atom. The lowest BCUT2D eigenvalue weighted by Gasteiger charge is -2.33. The largest absolute Gasteiger partial charge is 0.416 e. The van der Waals surface area contributed by atoms with Gasteiger partial charge in [-0.3, -0.25) is 0 Å². The highest BCUT2D eigenvalue weighted by Gasteiger charge is 2.47. The standard InChI is InChI=1S/C32H30F3NO/c1-22-8-5-10-24(16-22)19-31(27-13-7-12-26(18-27)25-11-6-9-23(2)17-25)21-36(20-30(37)32(33,34)35)29-15-4-3-14-28(29)31/h3-18,30,37H,19-21H2,1-2H3/t30-,31?/m1/s1. The molecule has 5 rings (SSSR count). The van der Waals surface area contributed by atoms with Crippen LogP contribution in [0.1, 0.15) is 27.8 Å². The summed E-state index contributed by atoms with van der Waals surface area (Å²) in [6.07, 6.45) is -6.47. The fourth-order valence-electron chi connectivity index (χ4n) is 5.62. The van der Waals surface area contributed by atoms with Crippen molar-refractivity contribution in [2.45, 2.75) is 38.0 Å². The zero-order valence-corrected chi connectivity index (χ0v) is 21.0. The quantitative estimate of drug-likeness (QED) is 0.301. The van der Waals surface area contributed by atoms with Crippen LogP contribution in [0.5, 0.6) is 0 Å². The van der Waals surface area contributed by atoms with Crippen molar-refractivity contribution >= 4 is 5.69 Å². The molecule has 0 fully saturated rings. The van der Waals surface area contributed by atoms with E-state index in [1.807, 2.05) is 55.5 Å². The van der Waals surface area contributed by atoms with E-state index in [2.05, 4.69) is 55.5 Å². The molecule has 1 heterocycles. The molecule has 0 aromatic heterocycles. The molecule has 0 aliphatic carbocycles. The molecule has 0 spiro atoms. The van der Waals surface area contributed by atoms with Crippen LogP contribution in [0.3, 0.4) is 0 Å². The van der Waals surface area contributed by atoms with Crippen LogP contribution in [0.25, 0.3) is 11.1 Å². The van der Waals surface area contributed by atoms with E-state index in [1.165, 1.54) is 0 Å². The van der Waals surface area contributed by atoms with Crippen LogP contribution in [-0.2, 0) is 11.8 Å². The van der Waals surface area contributed by atoms with Crippen molar-refractivity contribution < 1.29 is 18.3 Å². The number of aryl methyl sites for hydroxylation is 2. The lowest BCUT2D eigenvalue weighted by atomic mass is 9.71. The topological polar surface area (TPSA) is 23.5 Å². The highest BCUT2D eigenvalue weighted by Crippen LogP contribution is 2.48. The molecular weight excluding hydrogens is 471 g/mol. The Hall–Kier alpha value is -3.57. The number of anilines is 1. The van der Waals surface area contributed by atoms with E-state index in [4.69, 9.17) is 0 Å². The zero-order chi connectivity index (χ0) is 26.2. The molecule has 1 unspecified atom stereocenters. The van der Waals surface area contributed by atoms with Gasteiger partial charge < -0.3 is 10.0 Å². The number of aliphatic hydroxyl groups is 1. The van der Waals surface area contributed by atoms with Gasteiger partial charge in [0.2, 0.25) is 0 Å². The summed E-state index contributed by atoms with van der Waals surface area (Å²) in [6, 6.07) is 32.6. The zero-order valence-electron chi connectivity index (χ0n) is 21.0. The normalized spacial score (nSPS) is 18.1. The van der Waals surface area contributed by atoms with Gasteiger partial charge >= 0.3 is 6.18 Å². The number of alkyl halides is 3. The third-order valence-corrected chi connectivity index (χ3v) is 7.35. The van der Waals surface area contributed by atoms with Crippen LogP contribution in [0.2, 0.25) is 0 Å². The average Bonchev–Trinajstić information content (AvgIpc) is 3.18. The minimum atomic E-state index is -4.68. The third kappa shape index (κ3) is 5.01. The van der Waals surface area contributed by atoms with Crippen molar-refractivity contribution in [3.05, 3.63) is 125 Å². The summed E-state index contributed by atoms with van der Waals surface area (Å²) in [5.74, 6) is 0. The van der Waals surface area contributed by atoms with Gasteiger partial charge in [-0.2, -0.15) is 13.2 Å². The molecule has 4 aromatic rings. The van der Waals surface area contributed by atoms with Crippen LogP contribution in [0.4, 0.5) is 18.9 Å². The number of halogens is 3. The molecule has 1 N–H and O–H groups in total. The van der Waals surface area contributed by atoms with E-state index in [9.17, 15) is 18.3 Å². The Labute approximate surface area is 216 Å². The van der Waals surface area contributed by atoms with E-state index in [0.29, 0.717) is 13.0 Å². The van der Waals surface area contributed by atoms with Gasteiger partial charge in [0, 0.05) is 17.6 Å². The molecular formula is C32H30F3NO. The third-order valence-electron chi connectivity index (χ3n) is 7.35. The number of hydrogen-bond donors (Lipinski definition) is 1. The van der Waals surface area contributed by atoms with Gasteiger partial charge in [-0.05, 0) is 54.2 Å². The first-order valence-corrected chi connectivity index (χ1v) is 12.5. The predicted octanol–water partition coefficient (Wildman–Crippen LogP) is 7.24. The number of para-hydroxylation sites is 1. The molecule has 1 aliphatic heterocycles. The molecule has 2 atom stereocenters. The Bertz CT molecular complexity index is 1410. The fourth-order valence-corrected chi connectivity index (χ4v) is 5.62. The van der Waals surface area contributed by atoms with Crippen molar-refractivity contribution in [1.82, 2.24) is 0 Å². The number of fused-ring (bicyclic) bond motifs is 1. The maximum absolute atomic E-state index is 13.4. The number of aliphatic hydroxyl groups excluding tert-OH is 1. The van der Waals surface area contributed by atoms with Crippen molar-refractivity contribution in [2.75, 3.05) is 18.0 Å². The van der Waals surface area contributed by atoms with E-state index >= 15 is 0 Å². The second-order valence-electron chi connectivity index (χ2n) is 10.2. The molecule has 0 saturated carbocycles. The van der Waals surface area contributed by atoms with Crippen molar-refractivity contribution in [2.24, 2.45) is 0 Å². The number of benzene rings is 4. The molecule has 190 valence electrons. The van der Waals surface area contributed by atoms with Gasteiger partial charge in [0.1, 0.15) is 0 Å². The maximum atomic E-state index is 13.4. The summed E-state index contributed by atoms with van der Waals surface area (Å²) in [5, 5.41) is 9.99. The summed E-state index contributed by atoms with van der Waals surface area (Å²) >= 11 is 0. The van der Waals surface area contributed by atoms with E-state index in [1.54, 1.807) is 4.90 Å². The summed E-state index contributed by atoms with van der Waals surface area (Å²) in [6.45, 7) is 3.94. The maximum Gasteiger partial charge on any atom is 0.416 e.